The van der Waals surface area contributed by atoms with Gasteiger partial charge in [-0.05, 0) is 31.5 Å². The first-order valence-electron chi connectivity index (χ1n) is 6.16. The van der Waals surface area contributed by atoms with Gasteiger partial charge in [-0.25, -0.2) is 4.68 Å². The van der Waals surface area contributed by atoms with Crippen LogP contribution in [0, 0.1) is 0 Å². The lowest BCUT2D eigenvalue weighted by Gasteiger charge is -2.10. The molecule has 1 heterocycles. The van der Waals surface area contributed by atoms with E-state index in [0.717, 1.165) is 11.3 Å². The Balaban J connectivity index is 2.17. The SMILES string of the molecule is CC(C)Nc1cnn(Cc2ccc(O)cc2)c(=O)c1. The predicted molar refractivity (Wildman–Crippen MR) is 74.5 cm³/mol. The Bertz CT molecular complexity index is 603. The van der Waals surface area contributed by atoms with Gasteiger partial charge >= 0.3 is 0 Å². The number of nitrogens with one attached hydrogen (secondary N) is 1. The molecule has 2 N–H and O–H groups in total. The van der Waals surface area contributed by atoms with Crippen molar-refractivity contribution in [3.05, 3.63) is 52.4 Å². The highest BCUT2D eigenvalue weighted by Crippen LogP contribution is 2.10. The molecule has 0 aliphatic carbocycles. The van der Waals surface area contributed by atoms with E-state index in [0.29, 0.717) is 6.54 Å². The summed E-state index contributed by atoms with van der Waals surface area (Å²) in [6, 6.07) is 8.51. The van der Waals surface area contributed by atoms with Crippen LogP contribution in [-0.2, 0) is 6.54 Å². The molecule has 0 saturated carbocycles. The van der Waals surface area contributed by atoms with Crippen LogP contribution in [0.2, 0.25) is 0 Å². The fourth-order valence-electron chi connectivity index (χ4n) is 1.74. The molecule has 5 nitrogen and oxygen atoms in total. The van der Waals surface area contributed by atoms with E-state index in [1.807, 2.05) is 13.8 Å². The summed E-state index contributed by atoms with van der Waals surface area (Å²) in [5, 5.41) is 16.5. The van der Waals surface area contributed by atoms with Crippen molar-refractivity contribution in [2.75, 3.05) is 5.32 Å². The van der Waals surface area contributed by atoms with Crippen LogP contribution in [0.1, 0.15) is 19.4 Å². The third-order valence-corrected chi connectivity index (χ3v) is 2.59. The third-order valence-electron chi connectivity index (χ3n) is 2.59. The van der Waals surface area contributed by atoms with E-state index in [-0.39, 0.29) is 17.4 Å². The number of phenols is 1. The lowest BCUT2D eigenvalue weighted by Crippen LogP contribution is -2.24. The highest BCUT2D eigenvalue weighted by Gasteiger charge is 2.02. The van der Waals surface area contributed by atoms with Gasteiger partial charge in [0, 0.05) is 12.1 Å². The molecule has 0 fully saturated rings. The van der Waals surface area contributed by atoms with E-state index in [1.165, 1.54) is 10.7 Å². The van der Waals surface area contributed by atoms with Gasteiger partial charge in [-0.1, -0.05) is 12.1 Å². The molecule has 0 atom stereocenters. The van der Waals surface area contributed by atoms with Gasteiger partial charge in [0.15, 0.2) is 0 Å². The van der Waals surface area contributed by atoms with E-state index in [2.05, 4.69) is 10.4 Å². The van der Waals surface area contributed by atoms with Crippen molar-refractivity contribution >= 4 is 5.69 Å². The molecule has 1 aromatic heterocycles. The van der Waals surface area contributed by atoms with E-state index in [4.69, 9.17) is 0 Å². The number of hydrogen-bond donors (Lipinski definition) is 2. The quantitative estimate of drug-likeness (QED) is 0.879. The molecule has 0 bridgehead atoms. The average Bonchev–Trinajstić information content (AvgIpc) is 2.34. The molecule has 0 amide bonds. The Kier molecular flexibility index (Phi) is 3.85. The van der Waals surface area contributed by atoms with E-state index in [1.54, 1.807) is 30.5 Å². The monoisotopic (exact) mass is 259 g/mol. The van der Waals surface area contributed by atoms with Gasteiger partial charge in [-0.3, -0.25) is 4.79 Å². The molecule has 100 valence electrons. The van der Waals surface area contributed by atoms with Crippen LogP contribution < -0.4 is 10.9 Å². The zero-order valence-corrected chi connectivity index (χ0v) is 11.0. The Morgan fingerprint density at radius 1 is 1.32 bits per heavy atom. The second-order valence-corrected chi connectivity index (χ2v) is 4.71. The second-order valence-electron chi connectivity index (χ2n) is 4.71. The van der Waals surface area contributed by atoms with Crippen molar-refractivity contribution in [1.29, 1.82) is 0 Å². The highest BCUT2D eigenvalue weighted by molar-refractivity contribution is 5.39. The van der Waals surface area contributed by atoms with Crippen molar-refractivity contribution in [2.24, 2.45) is 0 Å². The van der Waals surface area contributed by atoms with Gasteiger partial charge in [-0.15, -0.1) is 0 Å². The van der Waals surface area contributed by atoms with Crippen molar-refractivity contribution in [3.8, 4) is 5.75 Å². The average molecular weight is 259 g/mol. The first-order chi connectivity index (χ1) is 9.04. The Labute approximate surface area is 111 Å². The normalized spacial score (nSPS) is 10.7. The van der Waals surface area contributed by atoms with Crippen LogP contribution in [0.5, 0.6) is 5.75 Å². The van der Waals surface area contributed by atoms with Gasteiger partial charge in [0.1, 0.15) is 5.75 Å². The molecule has 19 heavy (non-hydrogen) atoms. The number of aromatic nitrogens is 2. The number of aromatic hydroxyl groups is 1. The van der Waals surface area contributed by atoms with Crippen LogP contribution in [0.3, 0.4) is 0 Å². The minimum atomic E-state index is -0.154. The molecule has 5 heteroatoms. The minimum absolute atomic E-state index is 0.154. The fraction of sp³-hybridized carbons (Fsp3) is 0.286. The number of nitrogens with zero attached hydrogens (tertiary/aromatic N) is 2. The summed E-state index contributed by atoms with van der Waals surface area (Å²) in [5.41, 5.74) is 1.48. The summed E-state index contributed by atoms with van der Waals surface area (Å²) >= 11 is 0. The van der Waals surface area contributed by atoms with Gasteiger partial charge in [0.05, 0.1) is 18.4 Å². The van der Waals surface area contributed by atoms with Crippen LogP contribution in [0.25, 0.3) is 0 Å². The Morgan fingerprint density at radius 2 is 2.00 bits per heavy atom. The summed E-state index contributed by atoms with van der Waals surface area (Å²) in [6.45, 7) is 4.39. The topological polar surface area (TPSA) is 67.2 Å². The third kappa shape index (κ3) is 3.58. The van der Waals surface area contributed by atoms with Gasteiger partial charge in [-0.2, -0.15) is 5.10 Å². The van der Waals surface area contributed by atoms with Crippen LogP contribution in [0.15, 0.2) is 41.3 Å². The number of phenolic OH excluding ortho intramolecular Hbond substituents is 1. The summed E-state index contributed by atoms with van der Waals surface area (Å²) in [7, 11) is 0. The first-order valence-corrected chi connectivity index (χ1v) is 6.16. The van der Waals surface area contributed by atoms with Crippen molar-refractivity contribution in [3.63, 3.8) is 0 Å². The maximum absolute atomic E-state index is 11.9. The molecule has 0 aliphatic rings. The highest BCUT2D eigenvalue weighted by atomic mass is 16.3. The number of anilines is 1. The zero-order chi connectivity index (χ0) is 13.8. The van der Waals surface area contributed by atoms with Crippen LogP contribution >= 0.6 is 0 Å². The smallest absolute Gasteiger partial charge is 0.269 e. The molecule has 0 aliphatic heterocycles. The molecule has 1 aromatic carbocycles. The Morgan fingerprint density at radius 3 is 2.58 bits per heavy atom. The van der Waals surface area contributed by atoms with Gasteiger partial charge < -0.3 is 10.4 Å². The Hall–Kier alpha value is -2.30. The molecule has 0 unspecified atom stereocenters. The number of hydrogen-bond acceptors (Lipinski definition) is 4. The lowest BCUT2D eigenvalue weighted by molar-refractivity contribution is 0.475. The minimum Gasteiger partial charge on any atom is -0.508 e. The summed E-state index contributed by atoms with van der Waals surface area (Å²) in [5.74, 6) is 0.209. The summed E-state index contributed by atoms with van der Waals surface area (Å²) in [6.07, 6.45) is 1.64. The number of rotatable bonds is 4. The van der Waals surface area contributed by atoms with Gasteiger partial charge in [0.25, 0.3) is 5.56 Å². The molecule has 0 radical (unpaired) electrons. The maximum atomic E-state index is 11.9. The maximum Gasteiger partial charge on any atom is 0.269 e. The van der Waals surface area contributed by atoms with Crippen molar-refractivity contribution in [2.45, 2.75) is 26.4 Å². The fourth-order valence-corrected chi connectivity index (χ4v) is 1.74. The zero-order valence-electron chi connectivity index (χ0n) is 11.0. The first kappa shape index (κ1) is 13.1. The molecule has 2 rings (SSSR count). The summed E-state index contributed by atoms with van der Waals surface area (Å²) < 4.78 is 1.39. The molecule has 0 saturated heterocycles. The van der Waals surface area contributed by atoms with Crippen LogP contribution in [-0.4, -0.2) is 20.9 Å². The molecule has 0 spiro atoms. The largest absolute Gasteiger partial charge is 0.508 e. The van der Waals surface area contributed by atoms with E-state index < -0.39 is 0 Å². The number of benzene rings is 1. The van der Waals surface area contributed by atoms with Crippen molar-refractivity contribution in [1.82, 2.24) is 9.78 Å². The summed E-state index contributed by atoms with van der Waals surface area (Å²) in [4.78, 5) is 11.9. The standard InChI is InChI=1S/C14H17N3O2/c1-10(2)16-12-7-14(19)17(15-8-12)9-11-3-5-13(18)6-4-11/h3-8,10,16,18H,9H2,1-2H3. The van der Waals surface area contributed by atoms with E-state index >= 15 is 0 Å². The van der Waals surface area contributed by atoms with Gasteiger partial charge in [0.2, 0.25) is 0 Å². The molecular weight excluding hydrogens is 242 g/mol. The lowest BCUT2D eigenvalue weighted by atomic mass is 10.2. The second kappa shape index (κ2) is 5.56. The predicted octanol–water partition coefficient (Wildman–Crippen LogP) is 1.82. The molecule has 2 aromatic rings. The van der Waals surface area contributed by atoms with Crippen molar-refractivity contribution < 1.29 is 5.11 Å². The van der Waals surface area contributed by atoms with E-state index in [9.17, 15) is 9.90 Å². The molecular formula is C14H17N3O2. The van der Waals surface area contributed by atoms with Crippen LogP contribution in [0.4, 0.5) is 5.69 Å².